The molecule has 68 valence electrons. The summed E-state index contributed by atoms with van der Waals surface area (Å²) >= 11 is 0. The molecule has 0 rings (SSSR count). The number of hydrogen-bond donors (Lipinski definition) is 2. The molecule has 0 spiro atoms. The molecule has 4 heteroatoms. The molecule has 0 unspecified atom stereocenters. The maximum Gasteiger partial charge on any atom is 0.321 e. The van der Waals surface area contributed by atoms with Gasteiger partial charge in [-0.3, -0.25) is 4.79 Å². The Hall–Kier alpha value is -0.793. The lowest BCUT2D eigenvalue weighted by atomic mass is 10.2. The van der Waals surface area contributed by atoms with Gasteiger partial charge in [-0.2, -0.15) is 0 Å². The predicted octanol–water partition coefficient (Wildman–Crippen LogP) is 0.669. The van der Waals surface area contributed by atoms with Crippen LogP contribution in [0.3, 0.4) is 0 Å². The van der Waals surface area contributed by atoms with E-state index in [-0.39, 0.29) is 6.42 Å². The fraction of sp³-hybridized carbons (Fsp3) is 0.625. The lowest BCUT2D eigenvalue weighted by Crippen LogP contribution is -2.29. The van der Waals surface area contributed by atoms with Crippen LogP contribution in [0.5, 0.6) is 0 Å². The zero-order valence-corrected chi connectivity index (χ0v) is 8.72. The summed E-state index contributed by atoms with van der Waals surface area (Å²) in [6.07, 6.45) is 0.250. The number of hydrogen-bond acceptors (Lipinski definition) is 2. The highest BCUT2D eigenvalue weighted by molar-refractivity contribution is 6.83. The molecule has 0 fully saturated rings. The van der Waals surface area contributed by atoms with Crippen molar-refractivity contribution in [1.29, 1.82) is 0 Å². The summed E-state index contributed by atoms with van der Waals surface area (Å²) in [5.74, 6) is 1.83. The van der Waals surface area contributed by atoms with Crippen LogP contribution in [0.4, 0.5) is 0 Å². The summed E-state index contributed by atoms with van der Waals surface area (Å²) < 4.78 is 0. The molecule has 0 aromatic carbocycles. The molecular formula is C8H15NO2Si. The molecule has 0 aromatic rings. The molecular weight excluding hydrogens is 170 g/mol. The first kappa shape index (κ1) is 11.2. The van der Waals surface area contributed by atoms with Gasteiger partial charge in [-0.25, -0.2) is 0 Å². The van der Waals surface area contributed by atoms with E-state index in [4.69, 9.17) is 10.8 Å². The quantitative estimate of drug-likeness (QED) is 0.491. The normalized spacial score (nSPS) is 13.0. The Morgan fingerprint density at radius 3 is 2.42 bits per heavy atom. The molecule has 0 saturated heterocycles. The summed E-state index contributed by atoms with van der Waals surface area (Å²) in [6, 6.07) is -0.839. The molecule has 0 aromatic heterocycles. The second-order valence-electron chi connectivity index (χ2n) is 3.70. The van der Waals surface area contributed by atoms with Gasteiger partial charge in [0.2, 0.25) is 0 Å². The van der Waals surface area contributed by atoms with E-state index in [1.165, 1.54) is 0 Å². The standard InChI is InChI=1S/C8H15NO2Si/c1-12(2,3)6-4-5-7(9)8(10)11/h7H,5,9H2,1-3H3,(H,10,11)/t7-/m0/s1. The number of carbonyl (C=O) groups is 1. The van der Waals surface area contributed by atoms with Crippen LogP contribution in [0.25, 0.3) is 0 Å². The van der Waals surface area contributed by atoms with E-state index in [0.717, 1.165) is 0 Å². The van der Waals surface area contributed by atoms with E-state index in [0.29, 0.717) is 0 Å². The summed E-state index contributed by atoms with van der Waals surface area (Å²) in [4.78, 5) is 10.3. The van der Waals surface area contributed by atoms with Crippen LogP contribution in [0.2, 0.25) is 19.6 Å². The van der Waals surface area contributed by atoms with Crippen LogP contribution in [0, 0.1) is 11.5 Å². The minimum atomic E-state index is -1.37. The maximum absolute atomic E-state index is 10.3. The average molecular weight is 185 g/mol. The van der Waals surface area contributed by atoms with Crippen LogP contribution in [-0.4, -0.2) is 25.2 Å². The molecule has 0 aliphatic carbocycles. The van der Waals surface area contributed by atoms with E-state index < -0.39 is 20.1 Å². The fourth-order valence-corrected chi connectivity index (χ4v) is 1.15. The van der Waals surface area contributed by atoms with E-state index in [1.54, 1.807) is 0 Å². The van der Waals surface area contributed by atoms with E-state index in [2.05, 4.69) is 31.1 Å². The van der Waals surface area contributed by atoms with Crippen LogP contribution in [0.15, 0.2) is 0 Å². The number of rotatable bonds is 2. The van der Waals surface area contributed by atoms with Gasteiger partial charge in [-0.05, 0) is 0 Å². The Labute approximate surface area is 74.0 Å². The van der Waals surface area contributed by atoms with Crippen LogP contribution >= 0.6 is 0 Å². The minimum Gasteiger partial charge on any atom is -0.480 e. The Balaban J connectivity index is 3.96. The topological polar surface area (TPSA) is 63.3 Å². The third kappa shape index (κ3) is 5.95. The van der Waals surface area contributed by atoms with Gasteiger partial charge in [0.25, 0.3) is 0 Å². The number of carboxylic acids is 1. The number of aliphatic carboxylic acids is 1. The van der Waals surface area contributed by atoms with Crippen molar-refractivity contribution in [3.05, 3.63) is 0 Å². The van der Waals surface area contributed by atoms with Gasteiger partial charge in [0.15, 0.2) is 0 Å². The first-order valence-corrected chi connectivity index (χ1v) is 7.31. The van der Waals surface area contributed by atoms with Gasteiger partial charge < -0.3 is 10.8 Å². The molecule has 0 aliphatic heterocycles. The van der Waals surface area contributed by atoms with Crippen molar-refractivity contribution in [2.24, 2.45) is 5.73 Å². The third-order valence-corrected chi connectivity index (χ3v) is 2.03. The van der Waals surface area contributed by atoms with E-state index in [1.807, 2.05) is 0 Å². The second-order valence-corrected chi connectivity index (χ2v) is 8.45. The average Bonchev–Trinajstić information content (AvgIpc) is 1.84. The number of nitrogens with two attached hydrogens (primary N) is 1. The number of carboxylic acid groups (broad SMARTS) is 1. The molecule has 12 heavy (non-hydrogen) atoms. The highest BCUT2D eigenvalue weighted by atomic mass is 28.3. The minimum absolute atomic E-state index is 0.250. The lowest BCUT2D eigenvalue weighted by molar-refractivity contribution is -0.138. The molecule has 3 nitrogen and oxygen atoms in total. The van der Waals surface area contributed by atoms with Crippen molar-refractivity contribution >= 4 is 14.0 Å². The Morgan fingerprint density at radius 1 is 1.58 bits per heavy atom. The Kier molecular flexibility index (Phi) is 4.00. The largest absolute Gasteiger partial charge is 0.480 e. The van der Waals surface area contributed by atoms with E-state index >= 15 is 0 Å². The molecule has 0 amide bonds. The van der Waals surface area contributed by atoms with Crippen molar-refractivity contribution in [3.8, 4) is 11.5 Å². The smallest absolute Gasteiger partial charge is 0.321 e. The maximum atomic E-state index is 10.3. The monoisotopic (exact) mass is 185 g/mol. The predicted molar refractivity (Wildman–Crippen MR) is 51.4 cm³/mol. The van der Waals surface area contributed by atoms with Gasteiger partial charge in [0.05, 0.1) is 0 Å². The van der Waals surface area contributed by atoms with Crippen LogP contribution in [-0.2, 0) is 4.79 Å². The summed E-state index contributed by atoms with van der Waals surface area (Å²) in [7, 11) is -1.37. The van der Waals surface area contributed by atoms with Gasteiger partial charge in [-0.15, -0.1) is 11.5 Å². The van der Waals surface area contributed by atoms with Gasteiger partial charge in [-0.1, -0.05) is 19.6 Å². The first-order chi connectivity index (χ1) is 5.33. The fourth-order valence-electron chi connectivity index (χ4n) is 0.513. The second kappa shape index (κ2) is 4.29. The molecule has 0 radical (unpaired) electrons. The molecule has 3 N–H and O–H groups in total. The third-order valence-electron chi connectivity index (χ3n) is 1.10. The highest BCUT2D eigenvalue weighted by Gasteiger charge is 2.10. The van der Waals surface area contributed by atoms with E-state index in [9.17, 15) is 4.79 Å². The Bertz CT molecular complexity index is 221. The highest BCUT2D eigenvalue weighted by Crippen LogP contribution is 1.97. The Morgan fingerprint density at radius 2 is 2.08 bits per heavy atom. The van der Waals surface area contributed by atoms with Gasteiger partial charge in [0, 0.05) is 6.42 Å². The zero-order chi connectivity index (χ0) is 9.78. The van der Waals surface area contributed by atoms with Crippen molar-refractivity contribution in [3.63, 3.8) is 0 Å². The van der Waals surface area contributed by atoms with Crippen molar-refractivity contribution in [2.75, 3.05) is 0 Å². The molecule has 0 saturated carbocycles. The van der Waals surface area contributed by atoms with Gasteiger partial charge in [0.1, 0.15) is 14.1 Å². The lowest BCUT2D eigenvalue weighted by Gasteiger charge is -2.04. The summed E-state index contributed by atoms with van der Waals surface area (Å²) in [5.41, 5.74) is 8.31. The zero-order valence-electron chi connectivity index (χ0n) is 7.72. The van der Waals surface area contributed by atoms with Crippen molar-refractivity contribution < 1.29 is 9.90 Å². The SMILES string of the molecule is C[Si](C)(C)C#CC[C@H](N)C(=O)O. The van der Waals surface area contributed by atoms with Gasteiger partial charge >= 0.3 is 5.97 Å². The van der Waals surface area contributed by atoms with Crippen molar-refractivity contribution in [2.45, 2.75) is 32.1 Å². The molecule has 0 aliphatic rings. The van der Waals surface area contributed by atoms with Crippen molar-refractivity contribution in [1.82, 2.24) is 0 Å². The molecule has 0 heterocycles. The summed E-state index contributed by atoms with van der Waals surface area (Å²) in [6.45, 7) is 6.31. The van der Waals surface area contributed by atoms with Crippen LogP contribution in [0.1, 0.15) is 6.42 Å². The first-order valence-electron chi connectivity index (χ1n) is 3.81. The molecule has 0 bridgehead atoms. The molecule has 1 atom stereocenters. The van der Waals surface area contributed by atoms with Crippen LogP contribution < -0.4 is 5.73 Å². The summed E-state index contributed by atoms with van der Waals surface area (Å²) in [5, 5.41) is 8.43.